The maximum Gasteiger partial charge on any atom is 0.308 e. The number of rotatable bonds is 5. The third-order valence-electron chi connectivity index (χ3n) is 3.34. The highest BCUT2D eigenvalue weighted by Crippen LogP contribution is 2.31. The van der Waals surface area contributed by atoms with Gasteiger partial charge in [-0.05, 0) is 31.2 Å². The van der Waals surface area contributed by atoms with Gasteiger partial charge in [0.1, 0.15) is 17.6 Å². The Balaban J connectivity index is 1.97. The first-order chi connectivity index (χ1) is 12.1. The Labute approximate surface area is 143 Å². The van der Waals surface area contributed by atoms with E-state index in [9.17, 15) is 9.59 Å². The van der Waals surface area contributed by atoms with Crippen LogP contribution in [0, 0.1) is 0 Å². The van der Waals surface area contributed by atoms with Crippen molar-refractivity contribution in [2.75, 3.05) is 6.61 Å². The maximum atomic E-state index is 12.6. The van der Waals surface area contributed by atoms with Crippen molar-refractivity contribution in [1.29, 1.82) is 0 Å². The molecule has 0 amide bonds. The number of para-hydroxylation sites is 2. The number of benzene rings is 2. The van der Waals surface area contributed by atoms with Crippen LogP contribution in [-0.4, -0.2) is 12.6 Å². The summed E-state index contributed by atoms with van der Waals surface area (Å²) in [6.07, 6.45) is 1.23. The first kappa shape index (κ1) is 16.6. The minimum absolute atomic E-state index is 0.0416. The van der Waals surface area contributed by atoms with Crippen molar-refractivity contribution in [3.8, 4) is 23.0 Å². The molecule has 0 unspecified atom stereocenters. The van der Waals surface area contributed by atoms with Crippen LogP contribution in [0.1, 0.15) is 13.8 Å². The molecular weight excluding hydrogens is 324 g/mol. The summed E-state index contributed by atoms with van der Waals surface area (Å²) in [6, 6.07) is 11.6. The second kappa shape index (κ2) is 7.09. The molecule has 0 fully saturated rings. The minimum atomic E-state index is -0.450. The van der Waals surface area contributed by atoms with Crippen LogP contribution >= 0.6 is 0 Å². The van der Waals surface area contributed by atoms with Gasteiger partial charge >= 0.3 is 5.97 Å². The van der Waals surface area contributed by atoms with E-state index in [-0.39, 0.29) is 11.2 Å². The second-order valence-corrected chi connectivity index (χ2v) is 5.16. The Hall–Kier alpha value is -3.28. The second-order valence-electron chi connectivity index (χ2n) is 5.16. The molecule has 25 heavy (non-hydrogen) atoms. The van der Waals surface area contributed by atoms with Crippen molar-refractivity contribution in [3.63, 3.8) is 0 Å². The number of carbonyl (C=O) groups is 1. The smallest absolute Gasteiger partial charge is 0.308 e. The van der Waals surface area contributed by atoms with E-state index >= 15 is 0 Å². The van der Waals surface area contributed by atoms with Gasteiger partial charge in [-0.1, -0.05) is 12.1 Å². The van der Waals surface area contributed by atoms with E-state index in [0.29, 0.717) is 34.8 Å². The predicted octanol–water partition coefficient (Wildman–Crippen LogP) is 3.91. The van der Waals surface area contributed by atoms with Crippen LogP contribution < -0.4 is 19.6 Å². The fourth-order valence-electron chi connectivity index (χ4n) is 2.32. The summed E-state index contributed by atoms with van der Waals surface area (Å²) in [5, 5.41) is 0.322. The lowest BCUT2D eigenvalue weighted by molar-refractivity contribution is -0.131. The zero-order valence-corrected chi connectivity index (χ0v) is 13.8. The van der Waals surface area contributed by atoms with Gasteiger partial charge in [-0.15, -0.1) is 0 Å². The Morgan fingerprint density at radius 1 is 1.08 bits per heavy atom. The van der Waals surface area contributed by atoms with Gasteiger partial charge in [0.2, 0.25) is 11.2 Å². The molecule has 3 aromatic rings. The van der Waals surface area contributed by atoms with Crippen molar-refractivity contribution in [2.24, 2.45) is 0 Å². The highest BCUT2D eigenvalue weighted by Gasteiger charge is 2.13. The van der Waals surface area contributed by atoms with Gasteiger partial charge < -0.3 is 18.6 Å². The van der Waals surface area contributed by atoms with Crippen LogP contribution in [0.4, 0.5) is 0 Å². The lowest BCUT2D eigenvalue weighted by atomic mass is 10.2. The Bertz CT molecular complexity index is 973. The van der Waals surface area contributed by atoms with E-state index in [0.717, 1.165) is 0 Å². The average Bonchev–Trinajstić information content (AvgIpc) is 2.59. The summed E-state index contributed by atoms with van der Waals surface area (Å²) in [6.45, 7) is 3.64. The third-order valence-corrected chi connectivity index (χ3v) is 3.34. The van der Waals surface area contributed by atoms with Crippen LogP contribution in [0.25, 0.3) is 11.0 Å². The highest BCUT2D eigenvalue weighted by atomic mass is 16.5. The number of esters is 1. The summed E-state index contributed by atoms with van der Waals surface area (Å²) in [4.78, 5) is 23.6. The molecule has 0 saturated heterocycles. The van der Waals surface area contributed by atoms with Gasteiger partial charge in [0.05, 0.1) is 12.0 Å². The zero-order chi connectivity index (χ0) is 17.8. The van der Waals surface area contributed by atoms with Crippen LogP contribution in [0.3, 0.4) is 0 Å². The number of hydrogen-bond donors (Lipinski definition) is 0. The van der Waals surface area contributed by atoms with Crippen LogP contribution in [-0.2, 0) is 4.79 Å². The molecular formula is C19H16O6. The zero-order valence-electron chi connectivity index (χ0n) is 13.8. The average molecular weight is 340 g/mol. The molecule has 0 aliphatic carbocycles. The Morgan fingerprint density at radius 3 is 2.56 bits per heavy atom. The molecule has 0 atom stereocenters. The molecule has 6 nitrogen and oxygen atoms in total. The topological polar surface area (TPSA) is 75.0 Å². The summed E-state index contributed by atoms with van der Waals surface area (Å²) >= 11 is 0. The molecule has 2 aromatic carbocycles. The quantitative estimate of drug-likeness (QED) is 0.518. The summed E-state index contributed by atoms with van der Waals surface area (Å²) in [5.74, 6) is 0.856. The third kappa shape index (κ3) is 3.63. The standard InChI is InChI=1S/C19H16O6/c1-3-22-15-6-4-5-7-16(15)25-18-11-23-17-10-13(24-12(2)20)8-9-14(17)19(18)21/h4-11H,3H2,1-2H3. The van der Waals surface area contributed by atoms with E-state index in [1.165, 1.54) is 31.4 Å². The number of fused-ring (bicyclic) bond motifs is 1. The number of ether oxygens (including phenoxy) is 3. The summed E-state index contributed by atoms with van der Waals surface area (Å²) < 4.78 is 21.6. The Morgan fingerprint density at radius 2 is 1.84 bits per heavy atom. The van der Waals surface area contributed by atoms with E-state index in [2.05, 4.69) is 0 Å². The fourth-order valence-corrected chi connectivity index (χ4v) is 2.32. The molecule has 0 saturated carbocycles. The molecule has 0 radical (unpaired) electrons. The van der Waals surface area contributed by atoms with Crippen LogP contribution in [0.15, 0.2) is 57.9 Å². The van der Waals surface area contributed by atoms with Crippen LogP contribution in [0.5, 0.6) is 23.0 Å². The van der Waals surface area contributed by atoms with Gasteiger partial charge in [-0.3, -0.25) is 9.59 Å². The van der Waals surface area contributed by atoms with Gasteiger partial charge in [-0.25, -0.2) is 0 Å². The summed E-state index contributed by atoms with van der Waals surface area (Å²) in [7, 11) is 0. The van der Waals surface area contributed by atoms with Gasteiger partial charge in [-0.2, -0.15) is 0 Å². The molecule has 3 rings (SSSR count). The number of carbonyl (C=O) groups excluding carboxylic acids is 1. The molecule has 1 heterocycles. The Kier molecular flexibility index (Phi) is 4.70. The monoisotopic (exact) mass is 340 g/mol. The molecule has 0 N–H and O–H groups in total. The first-order valence-corrected chi connectivity index (χ1v) is 7.72. The van der Waals surface area contributed by atoms with Crippen molar-refractivity contribution in [3.05, 3.63) is 59.0 Å². The first-order valence-electron chi connectivity index (χ1n) is 7.72. The lowest BCUT2D eigenvalue weighted by Crippen LogP contribution is -2.06. The van der Waals surface area contributed by atoms with Gasteiger partial charge in [0, 0.05) is 13.0 Å². The minimum Gasteiger partial charge on any atom is -0.490 e. The lowest BCUT2D eigenvalue weighted by Gasteiger charge is -2.11. The summed E-state index contributed by atoms with van der Waals surface area (Å²) in [5.41, 5.74) is -0.0314. The van der Waals surface area contributed by atoms with Crippen molar-refractivity contribution in [1.82, 2.24) is 0 Å². The molecule has 0 spiro atoms. The van der Waals surface area contributed by atoms with E-state index in [4.69, 9.17) is 18.6 Å². The molecule has 0 bridgehead atoms. The van der Waals surface area contributed by atoms with Gasteiger partial charge in [0.15, 0.2) is 11.5 Å². The fraction of sp³-hybridized carbons (Fsp3) is 0.158. The number of hydrogen-bond acceptors (Lipinski definition) is 6. The molecule has 1 aromatic heterocycles. The molecule has 0 aliphatic rings. The van der Waals surface area contributed by atoms with Crippen molar-refractivity contribution < 1.29 is 23.4 Å². The molecule has 128 valence electrons. The SMILES string of the molecule is CCOc1ccccc1Oc1coc2cc(OC(C)=O)ccc2c1=O. The van der Waals surface area contributed by atoms with E-state index in [1.54, 1.807) is 18.2 Å². The normalized spacial score (nSPS) is 10.5. The maximum absolute atomic E-state index is 12.6. The molecule has 0 aliphatic heterocycles. The predicted molar refractivity (Wildman–Crippen MR) is 91.5 cm³/mol. The van der Waals surface area contributed by atoms with E-state index in [1.807, 2.05) is 13.0 Å². The van der Waals surface area contributed by atoms with Crippen molar-refractivity contribution in [2.45, 2.75) is 13.8 Å². The van der Waals surface area contributed by atoms with E-state index < -0.39 is 5.97 Å². The van der Waals surface area contributed by atoms with Gasteiger partial charge in [0.25, 0.3) is 0 Å². The molecule has 6 heteroatoms. The van der Waals surface area contributed by atoms with Crippen LogP contribution in [0.2, 0.25) is 0 Å². The van der Waals surface area contributed by atoms with Crippen molar-refractivity contribution >= 4 is 16.9 Å². The largest absolute Gasteiger partial charge is 0.490 e. The highest BCUT2D eigenvalue weighted by molar-refractivity contribution is 5.80.